The van der Waals surface area contributed by atoms with Gasteiger partial charge in [0.25, 0.3) is 0 Å². The second-order valence-corrected chi connectivity index (χ2v) is 10.3. The smallest absolute Gasteiger partial charge is 0.218 e. The van der Waals surface area contributed by atoms with Gasteiger partial charge in [-0.15, -0.1) is 0 Å². The Bertz CT molecular complexity index is 964. The maximum absolute atomic E-state index is 12.9. The molecule has 8 heteroatoms. The molecule has 0 atom stereocenters. The van der Waals surface area contributed by atoms with Crippen molar-refractivity contribution in [2.45, 2.75) is 38.9 Å². The zero-order chi connectivity index (χ0) is 21.1. The molecule has 0 spiro atoms. The van der Waals surface area contributed by atoms with Crippen LogP contribution in [0.4, 0.5) is 11.6 Å². The van der Waals surface area contributed by atoms with E-state index >= 15 is 0 Å². The molecule has 7 nitrogen and oxygen atoms in total. The van der Waals surface area contributed by atoms with E-state index < -0.39 is 10.0 Å². The summed E-state index contributed by atoms with van der Waals surface area (Å²) in [6.07, 6.45) is 3.69. The second kappa shape index (κ2) is 8.89. The highest BCUT2D eigenvalue weighted by Crippen LogP contribution is 2.24. The lowest BCUT2D eigenvalue weighted by Gasteiger charge is -2.35. The molecule has 1 aromatic heterocycles. The summed E-state index contributed by atoms with van der Waals surface area (Å²) < 4.78 is 27.4. The first-order valence-electron chi connectivity index (χ1n) is 10.8. The van der Waals surface area contributed by atoms with Gasteiger partial charge in [-0.25, -0.2) is 18.4 Å². The van der Waals surface area contributed by atoms with E-state index in [1.54, 1.807) is 4.31 Å². The number of hydrogen-bond acceptors (Lipinski definition) is 6. The molecule has 2 aliphatic rings. The van der Waals surface area contributed by atoms with Crippen molar-refractivity contribution < 1.29 is 8.42 Å². The fraction of sp³-hybridized carbons (Fsp3) is 0.545. The van der Waals surface area contributed by atoms with Crippen LogP contribution in [0.15, 0.2) is 30.3 Å². The Hall–Kier alpha value is -2.19. The van der Waals surface area contributed by atoms with Crippen LogP contribution in [0, 0.1) is 13.8 Å². The quantitative estimate of drug-likeness (QED) is 0.728. The summed E-state index contributed by atoms with van der Waals surface area (Å²) in [5.41, 5.74) is 1.97. The van der Waals surface area contributed by atoms with Gasteiger partial charge in [0.1, 0.15) is 17.5 Å². The topological polar surface area (TPSA) is 69.6 Å². The van der Waals surface area contributed by atoms with Crippen molar-refractivity contribution in [2.75, 3.05) is 49.1 Å². The minimum absolute atomic E-state index is 0.0546. The normalized spacial score (nSPS) is 18.6. The fourth-order valence-corrected chi connectivity index (χ4v) is 5.68. The van der Waals surface area contributed by atoms with Crippen molar-refractivity contribution >= 4 is 21.7 Å². The highest BCUT2D eigenvalue weighted by Gasteiger charge is 2.28. The number of aryl methyl sites for hydroxylation is 2. The number of benzene rings is 1. The van der Waals surface area contributed by atoms with Gasteiger partial charge in [-0.1, -0.05) is 29.8 Å². The number of aromatic nitrogens is 2. The molecule has 2 saturated heterocycles. The third kappa shape index (κ3) is 4.92. The Kier molecular flexibility index (Phi) is 6.24. The molecule has 2 aromatic rings. The summed E-state index contributed by atoms with van der Waals surface area (Å²) in [6.45, 7) is 8.27. The number of nitrogens with zero attached hydrogens (tertiary/aromatic N) is 5. The van der Waals surface area contributed by atoms with E-state index in [-0.39, 0.29) is 5.75 Å². The van der Waals surface area contributed by atoms with Crippen molar-refractivity contribution in [3.8, 4) is 0 Å². The van der Waals surface area contributed by atoms with Crippen LogP contribution in [-0.4, -0.2) is 62.0 Å². The highest BCUT2D eigenvalue weighted by atomic mass is 32.2. The Morgan fingerprint density at radius 1 is 0.800 bits per heavy atom. The van der Waals surface area contributed by atoms with Crippen molar-refractivity contribution in [2.24, 2.45) is 0 Å². The average Bonchev–Trinajstić information content (AvgIpc) is 2.75. The van der Waals surface area contributed by atoms with Gasteiger partial charge >= 0.3 is 0 Å². The summed E-state index contributed by atoms with van der Waals surface area (Å²) in [4.78, 5) is 13.8. The maximum atomic E-state index is 12.9. The second-order valence-electron chi connectivity index (χ2n) is 8.31. The highest BCUT2D eigenvalue weighted by molar-refractivity contribution is 7.88. The Morgan fingerprint density at radius 2 is 1.37 bits per heavy atom. The van der Waals surface area contributed by atoms with E-state index in [2.05, 4.69) is 25.8 Å². The largest absolute Gasteiger partial charge is 0.356 e. The standard InChI is InChI=1S/C22H31N5O2S/c1-18-6-8-20(9-7-18)17-30(28,29)27-14-12-26(13-15-27)22-16-21(23-19(2)24-22)25-10-4-3-5-11-25/h6-9,16H,3-5,10-15,17H2,1-2H3. The van der Waals surface area contributed by atoms with Crippen molar-refractivity contribution in [3.05, 3.63) is 47.3 Å². The molecule has 4 rings (SSSR count). The Balaban J connectivity index is 1.41. The molecule has 0 aliphatic carbocycles. The molecule has 2 aliphatic heterocycles. The van der Waals surface area contributed by atoms with E-state index in [0.29, 0.717) is 26.2 Å². The van der Waals surface area contributed by atoms with E-state index in [1.165, 1.54) is 19.3 Å². The Morgan fingerprint density at radius 3 is 1.97 bits per heavy atom. The van der Waals surface area contributed by atoms with Gasteiger partial charge in [0.05, 0.1) is 5.75 Å². The molecule has 0 radical (unpaired) electrons. The van der Waals surface area contributed by atoms with E-state index in [0.717, 1.165) is 41.7 Å². The third-order valence-electron chi connectivity index (χ3n) is 5.92. The minimum Gasteiger partial charge on any atom is -0.356 e. The molecular weight excluding hydrogens is 398 g/mol. The van der Waals surface area contributed by atoms with Gasteiger partial charge in [0, 0.05) is 45.3 Å². The van der Waals surface area contributed by atoms with Gasteiger partial charge in [-0.3, -0.25) is 0 Å². The molecule has 1 aromatic carbocycles. The molecule has 0 N–H and O–H groups in total. The number of sulfonamides is 1. The third-order valence-corrected chi connectivity index (χ3v) is 7.77. The van der Waals surface area contributed by atoms with Crippen LogP contribution < -0.4 is 9.80 Å². The minimum atomic E-state index is -3.32. The van der Waals surface area contributed by atoms with Crippen LogP contribution in [0.1, 0.15) is 36.2 Å². The predicted octanol–water partition coefficient (Wildman–Crippen LogP) is 2.74. The molecule has 0 amide bonds. The number of piperazine rings is 1. The Labute approximate surface area is 179 Å². The molecule has 0 saturated carbocycles. The van der Waals surface area contributed by atoms with Crippen LogP contribution in [-0.2, 0) is 15.8 Å². The van der Waals surface area contributed by atoms with Crippen molar-refractivity contribution in [1.29, 1.82) is 0 Å². The van der Waals surface area contributed by atoms with Crippen LogP contribution in [0.5, 0.6) is 0 Å². The zero-order valence-electron chi connectivity index (χ0n) is 17.9. The number of hydrogen-bond donors (Lipinski definition) is 0. The SMILES string of the molecule is Cc1ccc(CS(=O)(=O)N2CCN(c3cc(N4CCCCC4)nc(C)n3)CC2)cc1. The maximum Gasteiger partial charge on any atom is 0.218 e. The van der Waals surface area contributed by atoms with Crippen LogP contribution in [0.2, 0.25) is 0 Å². The first-order chi connectivity index (χ1) is 14.4. The number of rotatable bonds is 5. The zero-order valence-corrected chi connectivity index (χ0v) is 18.7. The van der Waals surface area contributed by atoms with Crippen LogP contribution >= 0.6 is 0 Å². The molecule has 0 bridgehead atoms. The molecule has 3 heterocycles. The van der Waals surface area contributed by atoms with Gasteiger partial charge < -0.3 is 9.80 Å². The first-order valence-corrected chi connectivity index (χ1v) is 12.4. The monoisotopic (exact) mass is 429 g/mol. The summed E-state index contributed by atoms with van der Waals surface area (Å²) >= 11 is 0. The number of anilines is 2. The van der Waals surface area contributed by atoms with E-state index in [1.807, 2.05) is 38.1 Å². The lowest BCUT2D eigenvalue weighted by Crippen LogP contribution is -2.49. The lowest BCUT2D eigenvalue weighted by atomic mass is 10.1. The molecule has 2 fully saturated rings. The summed E-state index contributed by atoms with van der Waals surface area (Å²) in [7, 11) is -3.32. The number of piperidine rings is 1. The molecule has 162 valence electrons. The van der Waals surface area contributed by atoms with Gasteiger partial charge in [-0.05, 0) is 38.7 Å². The van der Waals surface area contributed by atoms with Gasteiger partial charge in [0.15, 0.2) is 0 Å². The lowest BCUT2D eigenvalue weighted by molar-refractivity contribution is 0.383. The van der Waals surface area contributed by atoms with E-state index in [9.17, 15) is 8.42 Å². The molecule has 0 unspecified atom stereocenters. The van der Waals surface area contributed by atoms with Crippen LogP contribution in [0.25, 0.3) is 0 Å². The van der Waals surface area contributed by atoms with Crippen molar-refractivity contribution in [3.63, 3.8) is 0 Å². The molecular formula is C22H31N5O2S. The van der Waals surface area contributed by atoms with E-state index in [4.69, 9.17) is 0 Å². The van der Waals surface area contributed by atoms with Crippen molar-refractivity contribution in [1.82, 2.24) is 14.3 Å². The van der Waals surface area contributed by atoms with Crippen LogP contribution in [0.3, 0.4) is 0 Å². The van der Waals surface area contributed by atoms with Gasteiger partial charge in [0.2, 0.25) is 10.0 Å². The molecule has 30 heavy (non-hydrogen) atoms. The first kappa shape index (κ1) is 21.1. The average molecular weight is 430 g/mol. The fourth-order valence-electron chi connectivity index (χ4n) is 4.17. The summed E-state index contributed by atoms with van der Waals surface area (Å²) in [6, 6.07) is 9.78. The summed E-state index contributed by atoms with van der Waals surface area (Å²) in [5, 5.41) is 0. The summed E-state index contributed by atoms with van der Waals surface area (Å²) in [5.74, 6) is 2.71. The predicted molar refractivity (Wildman–Crippen MR) is 120 cm³/mol. The van der Waals surface area contributed by atoms with Gasteiger partial charge in [-0.2, -0.15) is 4.31 Å².